The molecule has 0 aliphatic carbocycles. The lowest BCUT2D eigenvalue weighted by Gasteiger charge is -2.07. The van der Waals surface area contributed by atoms with Crippen molar-refractivity contribution in [2.45, 2.75) is 13.3 Å². The number of hydrogen-bond acceptors (Lipinski definition) is 5. The highest BCUT2D eigenvalue weighted by molar-refractivity contribution is 6.05. The maximum absolute atomic E-state index is 13.3. The van der Waals surface area contributed by atoms with Crippen LogP contribution in [0.25, 0.3) is 0 Å². The monoisotopic (exact) mass is 434 g/mol. The molecule has 32 heavy (non-hydrogen) atoms. The summed E-state index contributed by atoms with van der Waals surface area (Å²) in [7, 11) is 0. The Morgan fingerprint density at radius 1 is 1.00 bits per heavy atom. The molecule has 0 atom stereocenters. The van der Waals surface area contributed by atoms with E-state index >= 15 is 0 Å². The molecule has 2 amide bonds. The lowest BCUT2D eigenvalue weighted by atomic mass is 10.1. The van der Waals surface area contributed by atoms with E-state index in [1.165, 1.54) is 42.5 Å². The van der Waals surface area contributed by atoms with Crippen molar-refractivity contribution in [3.05, 3.63) is 105 Å². The molecule has 3 rings (SSSR count). The smallest absolute Gasteiger partial charge is 0.269 e. The number of nitro benzene ring substituents is 1. The van der Waals surface area contributed by atoms with Gasteiger partial charge in [0.15, 0.2) is 0 Å². The summed E-state index contributed by atoms with van der Waals surface area (Å²) in [5, 5.41) is 17.4. The van der Waals surface area contributed by atoms with Gasteiger partial charge in [0.25, 0.3) is 11.6 Å². The Kier molecular flexibility index (Phi) is 7.02. The first-order valence-electron chi connectivity index (χ1n) is 9.55. The molecule has 0 bridgehead atoms. The van der Waals surface area contributed by atoms with Crippen molar-refractivity contribution in [2.24, 2.45) is 5.10 Å². The zero-order valence-corrected chi connectivity index (χ0v) is 17.0. The van der Waals surface area contributed by atoms with Crippen molar-refractivity contribution in [3.8, 4) is 0 Å². The summed E-state index contributed by atoms with van der Waals surface area (Å²) in [4.78, 5) is 34.4. The fourth-order valence-electron chi connectivity index (χ4n) is 2.80. The van der Waals surface area contributed by atoms with Gasteiger partial charge in [0, 0.05) is 23.4 Å². The van der Waals surface area contributed by atoms with Crippen LogP contribution in [0.3, 0.4) is 0 Å². The molecule has 0 unspecified atom stereocenters. The summed E-state index contributed by atoms with van der Waals surface area (Å²) in [5.41, 5.74) is 5.04. The SMILES string of the molecule is C/C(=N/NC(=O)Cc1ccc([N+](=O)[O-])cc1)c1ccc(NC(=O)c2cccc(F)c2)cc1. The van der Waals surface area contributed by atoms with E-state index in [2.05, 4.69) is 15.8 Å². The Balaban J connectivity index is 1.56. The Morgan fingerprint density at radius 2 is 1.69 bits per heavy atom. The Bertz CT molecular complexity index is 1180. The Morgan fingerprint density at radius 3 is 2.31 bits per heavy atom. The molecule has 9 heteroatoms. The molecule has 0 fully saturated rings. The Labute approximate surface area is 182 Å². The van der Waals surface area contributed by atoms with Gasteiger partial charge in [-0.15, -0.1) is 0 Å². The fourth-order valence-corrected chi connectivity index (χ4v) is 2.80. The van der Waals surface area contributed by atoms with Gasteiger partial charge >= 0.3 is 0 Å². The van der Waals surface area contributed by atoms with Gasteiger partial charge in [-0.05, 0) is 48.4 Å². The number of halogens is 1. The minimum absolute atomic E-state index is 0.0276. The van der Waals surface area contributed by atoms with Gasteiger partial charge in [-0.25, -0.2) is 9.82 Å². The summed E-state index contributed by atoms with van der Waals surface area (Å²) in [6.07, 6.45) is 0.0276. The third-order valence-electron chi connectivity index (χ3n) is 4.51. The lowest BCUT2D eigenvalue weighted by molar-refractivity contribution is -0.384. The zero-order chi connectivity index (χ0) is 23.1. The molecule has 8 nitrogen and oxygen atoms in total. The van der Waals surface area contributed by atoms with E-state index in [1.54, 1.807) is 31.2 Å². The Hall–Kier alpha value is -4.40. The topological polar surface area (TPSA) is 114 Å². The number of non-ortho nitro benzene ring substituents is 1. The standard InChI is InChI=1S/C23H19FN4O4/c1-15(26-27-22(29)13-16-5-11-21(12-6-16)28(31)32)17-7-9-20(10-8-17)25-23(30)18-3-2-4-19(24)14-18/h2-12,14H,13H2,1H3,(H,25,30)(H,27,29)/b26-15-. The first-order chi connectivity index (χ1) is 15.3. The fraction of sp³-hybridized carbons (Fsp3) is 0.0870. The van der Waals surface area contributed by atoms with Crippen LogP contribution in [-0.2, 0) is 11.2 Å². The molecular weight excluding hydrogens is 415 g/mol. The summed E-state index contributed by atoms with van der Waals surface area (Å²) >= 11 is 0. The normalized spacial score (nSPS) is 11.0. The van der Waals surface area contributed by atoms with E-state index < -0.39 is 16.6 Å². The molecule has 0 heterocycles. The predicted molar refractivity (Wildman–Crippen MR) is 118 cm³/mol. The van der Waals surface area contributed by atoms with Crippen LogP contribution in [-0.4, -0.2) is 22.4 Å². The van der Waals surface area contributed by atoms with E-state index in [0.29, 0.717) is 17.0 Å². The summed E-state index contributed by atoms with van der Waals surface area (Å²) in [6, 6.07) is 17.9. The molecule has 0 aliphatic rings. The van der Waals surface area contributed by atoms with Gasteiger partial charge in [0.2, 0.25) is 5.91 Å². The van der Waals surface area contributed by atoms with Crippen LogP contribution in [0.15, 0.2) is 77.9 Å². The first kappa shape index (κ1) is 22.3. The van der Waals surface area contributed by atoms with E-state index in [0.717, 1.165) is 11.6 Å². The van der Waals surface area contributed by atoms with Crippen molar-refractivity contribution >= 4 is 28.9 Å². The van der Waals surface area contributed by atoms with E-state index in [-0.39, 0.29) is 23.6 Å². The third-order valence-corrected chi connectivity index (χ3v) is 4.51. The molecule has 3 aromatic rings. The van der Waals surface area contributed by atoms with Crippen molar-refractivity contribution in [2.75, 3.05) is 5.32 Å². The maximum Gasteiger partial charge on any atom is 0.269 e. The number of benzene rings is 3. The molecule has 3 aromatic carbocycles. The van der Waals surface area contributed by atoms with Crippen molar-refractivity contribution in [1.82, 2.24) is 5.43 Å². The number of nitro groups is 1. The summed E-state index contributed by atoms with van der Waals surface area (Å²) < 4.78 is 13.3. The van der Waals surface area contributed by atoms with Crippen molar-refractivity contribution in [3.63, 3.8) is 0 Å². The summed E-state index contributed by atoms with van der Waals surface area (Å²) in [5.74, 6) is -1.28. The minimum Gasteiger partial charge on any atom is -0.322 e. The molecule has 0 radical (unpaired) electrons. The van der Waals surface area contributed by atoms with E-state index in [4.69, 9.17) is 0 Å². The number of nitrogens with zero attached hydrogens (tertiary/aromatic N) is 2. The van der Waals surface area contributed by atoms with Gasteiger partial charge in [0.05, 0.1) is 17.1 Å². The second-order valence-corrected chi connectivity index (χ2v) is 6.87. The van der Waals surface area contributed by atoms with Crippen LogP contribution in [0.1, 0.15) is 28.4 Å². The second-order valence-electron chi connectivity index (χ2n) is 6.87. The van der Waals surface area contributed by atoms with Crippen molar-refractivity contribution < 1.29 is 18.9 Å². The number of anilines is 1. The largest absolute Gasteiger partial charge is 0.322 e. The van der Waals surface area contributed by atoms with Crippen LogP contribution in [0, 0.1) is 15.9 Å². The number of hydrazone groups is 1. The highest BCUT2D eigenvalue weighted by Crippen LogP contribution is 2.14. The molecule has 0 aliphatic heterocycles. The number of rotatable bonds is 7. The molecule has 0 spiro atoms. The third kappa shape index (κ3) is 6.05. The van der Waals surface area contributed by atoms with E-state index in [1.807, 2.05) is 0 Å². The first-order valence-corrected chi connectivity index (χ1v) is 9.55. The number of carbonyl (C=O) groups is 2. The average molecular weight is 434 g/mol. The molecule has 2 N–H and O–H groups in total. The van der Waals surface area contributed by atoms with E-state index in [9.17, 15) is 24.1 Å². The van der Waals surface area contributed by atoms with Gasteiger partial charge in [0.1, 0.15) is 5.82 Å². The van der Waals surface area contributed by atoms with Crippen molar-refractivity contribution in [1.29, 1.82) is 0 Å². The number of nitrogens with one attached hydrogen (secondary N) is 2. The summed E-state index contributed by atoms with van der Waals surface area (Å²) in [6.45, 7) is 1.71. The van der Waals surface area contributed by atoms with Gasteiger partial charge in [-0.2, -0.15) is 5.10 Å². The van der Waals surface area contributed by atoms with Crippen LogP contribution in [0.5, 0.6) is 0 Å². The average Bonchev–Trinajstić information content (AvgIpc) is 2.78. The minimum atomic E-state index is -0.504. The van der Waals surface area contributed by atoms with Gasteiger partial charge in [-0.3, -0.25) is 19.7 Å². The van der Waals surface area contributed by atoms with Gasteiger partial charge in [-0.1, -0.05) is 30.3 Å². The molecule has 0 saturated heterocycles. The molecule has 0 saturated carbocycles. The highest BCUT2D eigenvalue weighted by atomic mass is 19.1. The van der Waals surface area contributed by atoms with Crippen LogP contribution in [0.2, 0.25) is 0 Å². The molecule has 0 aromatic heterocycles. The maximum atomic E-state index is 13.3. The zero-order valence-electron chi connectivity index (χ0n) is 17.0. The van der Waals surface area contributed by atoms with Gasteiger partial charge < -0.3 is 5.32 Å². The number of carbonyl (C=O) groups excluding carboxylic acids is 2. The number of amides is 2. The molecular formula is C23H19FN4O4. The second kappa shape index (κ2) is 10.1. The van der Waals surface area contributed by atoms with Crippen LogP contribution >= 0.6 is 0 Å². The van der Waals surface area contributed by atoms with Crippen LogP contribution < -0.4 is 10.7 Å². The highest BCUT2D eigenvalue weighted by Gasteiger charge is 2.09. The molecule has 162 valence electrons. The lowest BCUT2D eigenvalue weighted by Crippen LogP contribution is -2.21. The van der Waals surface area contributed by atoms with Crippen LogP contribution in [0.4, 0.5) is 15.8 Å². The number of hydrogen-bond donors (Lipinski definition) is 2. The predicted octanol–water partition coefficient (Wildman–Crippen LogP) is 4.07. The quantitative estimate of drug-likeness (QED) is 0.331.